The first-order chi connectivity index (χ1) is 6.59. The Kier molecular flexibility index (Phi) is 3.76. The van der Waals surface area contributed by atoms with Crippen LogP contribution in [0.25, 0.3) is 0 Å². The Balaban J connectivity index is 2.41. The summed E-state index contributed by atoms with van der Waals surface area (Å²) in [5, 5.41) is 0. The molecule has 1 aliphatic rings. The minimum Gasteiger partial charge on any atom is -0.343 e. The van der Waals surface area contributed by atoms with Gasteiger partial charge in [0.2, 0.25) is 5.91 Å². The smallest absolute Gasteiger partial charge is 0.219 e. The third-order valence-electron chi connectivity index (χ3n) is 2.43. The number of carbonyl (C=O) groups is 1. The zero-order valence-electron chi connectivity index (χ0n) is 8.97. The number of rotatable bonds is 0. The lowest BCUT2D eigenvalue weighted by atomic mass is 9.97. The van der Waals surface area contributed by atoms with Gasteiger partial charge in [-0.05, 0) is 25.3 Å². The van der Waals surface area contributed by atoms with Crippen LogP contribution in [0.1, 0.15) is 26.7 Å². The standard InChI is InChI=1S/C12H17NO/c1-10(2)4-5-12-6-8-13(9-7-12)11(3)14/h12H,1,6-9H2,2-3H3. The molecule has 1 heterocycles. The lowest BCUT2D eigenvalue weighted by molar-refractivity contribution is -0.129. The topological polar surface area (TPSA) is 20.3 Å². The number of piperidine rings is 1. The molecule has 1 fully saturated rings. The van der Waals surface area contributed by atoms with E-state index in [0.29, 0.717) is 5.92 Å². The van der Waals surface area contributed by atoms with Gasteiger partial charge in [-0.1, -0.05) is 18.4 Å². The van der Waals surface area contributed by atoms with Gasteiger partial charge in [-0.2, -0.15) is 0 Å². The second-order valence-electron chi connectivity index (χ2n) is 3.83. The molecule has 0 aromatic heterocycles. The molecule has 14 heavy (non-hydrogen) atoms. The van der Waals surface area contributed by atoms with Crippen molar-refractivity contribution in [3.05, 3.63) is 12.2 Å². The van der Waals surface area contributed by atoms with Crippen molar-refractivity contribution in [1.82, 2.24) is 4.90 Å². The van der Waals surface area contributed by atoms with Crippen molar-refractivity contribution in [2.24, 2.45) is 5.92 Å². The van der Waals surface area contributed by atoms with Gasteiger partial charge < -0.3 is 4.90 Å². The predicted molar refractivity (Wildman–Crippen MR) is 57.6 cm³/mol. The van der Waals surface area contributed by atoms with Crippen LogP contribution in [0.3, 0.4) is 0 Å². The van der Waals surface area contributed by atoms with Crippen molar-refractivity contribution in [3.8, 4) is 11.8 Å². The third kappa shape index (κ3) is 3.26. The normalized spacial score (nSPS) is 17.1. The van der Waals surface area contributed by atoms with Crippen LogP contribution in [-0.4, -0.2) is 23.9 Å². The molecule has 0 unspecified atom stereocenters. The number of likely N-dealkylation sites (tertiary alicyclic amines) is 1. The highest BCUT2D eigenvalue weighted by Gasteiger charge is 2.18. The Morgan fingerprint density at radius 1 is 1.36 bits per heavy atom. The molecule has 0 bridgehead atoms. The van der Waals surface area contributed by atoms with E-state index in [1.807, 2.05) is 11.8 Å². The van der Waals surface area contributed by atoms with E-state index in [0.717, 1.165) is 31.5 Å². The van der Waals surface area contributed by atoms with Gasteiger partial charge in [0.1, 0.15) is 0 Å². The van der Waals surface area contributed by atoms with Crippen LogP contribution in [0.15, 0.2) is 12.2 Å². The number of nitrogens with zero attached hydrogens (tertiary/aromatic N) is 1. The van der Waals surface area contributed by atoms with E-state index in [2.05, 4.69) is 18.4 Å². The summed E-state index contributed by atoms with van der Waals surface area (Å²) in [5.74, 6) is 6.83. The summed E-state index contributed by atoms with van der Waals surface area (Å²) >= 11 is 0. The van der Waals surface area contributed by atoms with E-state index >= 15 is 0 Å². The van der Waals surface area contributed by atoms with Crippen molar-refractivity contribution in [3.63, 3.8) is 0 Å². The van der Waals surface area contributed by atoms with Crippen LogP contribution in [0.4, 0.5) is 0 Å². The highest BCUT2D eigenvalue weighted by atomic mass is 16.2. The van der Waals surface area contributed by atoms with Gasteiger partial charge in [-0.3, -0.25) is 4.79 Å². The highest BCUT2D eigenvalue weighted by molar-refractivity contribution is 5.73. The number of hydrogen-bond acceptors (Lipinski definition) is 1. The first-order valence-electron chi connectivity index (χ1n) is 5.02. The van der Waals surface area contributed by atoms with Gasteiger partial charge in [0.05, 0.1) is 0 Å². The van der Waals surface area contributed by atoms with Gasteiger partial charge in [0.15, 0.2) is 0 Å². The van der Waals surface area contributed by atoms with Gasteiger partial charge in [0.25, 0.3) is 0 Å². The maximum atomic E-state index is 11.0. The average Bonchev–Trinajstić information content (AvgIpc) is 2.15. The van der Waals surface area contributed by atoms with E-state index in [1.165, 1.54) is 0 Å². The first-order valence-corrected chi connectivity index (χ1v) is 5.02. The summed E-state index contributed by atoms with van der Waals surface area (Å²) in [5.41, 5.74) is 0.916. The summed E-state index contributed by atoms with van der Waals surface area (Å²) in [6, 6.07) is 0. The second kappa shape index (κ2) is 4.85. The molecule has 0 aromatic rings. The Bertz CT molecular complexity index is 287. The predicted octanol–water partition coefficient (Wildman–Crippen LogP) is 1.82. The van der Waals surface area contributed by atoms with E-state index in [4.69, 9.17) is 0 Å². The molecule has 1 aliphatic heterocycles. The zero-order chi connectivity index (χ0) is 10.6. The van der Waals surface area contributed by atoms with Crippen LogP contribution in [0.5, 0.6) is 0 Å². The maximum Gasteiger partial charge on any atom is 0.219 e. The van der Waals surface area contributed by atoms with E-state index in [1.54, 1.807) is 6.92 Å². The fourth-order valence-electron chi connectivity index (χ4n) is 1.56. The molecule has 2 nitrogen and oxygen atoms in total. The van der Waals surface area contributed by atoms with Gasteiger partial charge in [-0.15, -0.1) is 0 Å². The number of hydrogen-bond donors (Lipinski definition) is 0. The molecule has 1 saturated heterocycles. The van der Waals surface area contributed by atoms with Crippen LogP contribution in [0.2, 0.25) is 0 Å². The average molecular weight is 191 g/mol. The van der Waals surface area contributed by atoms with Crippen LogP contribution in [0, 0.1) is 17.8 Å². The van der Waals surface area contributed by atoms with E-state index in [-0.39, 0.29) is 5.91 Å². The van der Waals surface area contributed by atoms with Crippen molar-refractivity contribution in [2.45, 2.75) is 26.7 Å². The molecule has 0 N–H and O–H groups in total. The van der Waals surface area contributed by atoms with E-state index in [9.17, 15) is 4.79 Å². The van der Waals surface area contributed by atoms with Crippen LogP contribution in [-0.2, 0) is 4.79 Å². The number of allylic oxidation sites excluding steroid dienone is 1. The monoisotopic (exact) mass is 191 g/mol. The van der Waals surface area contributed by atoms with Crippen molar-refractivity contribution >= 4 is 5.91 Å². The van der Waals surface area contributed by atoms with Gasteiger partial charge in [0, 0.05) is 25.9 Å². The molecule has 0 saturated carbocycles. The minimum absolute atomic E-state index is 0.177. The van der Waals surface area contributed by atoms with Gasteiger partial charge in [-0.25, -0.2) is 0 Å². The van der Waals surface area contributed by atoms with Crippen molar-refractivity contribution in [2.75, 3.05) is 13.1 Å². The second-order valence-corrected chi connectivity index (χ2v) is 3.83. The first kappa shape index (κ1) is 10.8. The summed E-state index contributed by atoms with van der Waals surface area (Å²) < 4.78 is 0. The summed E-state index contributed by atoms with van der Waals surface area (Å²) in [7, 11) is 0. The van der Waals surface area contributed by atoms with Crippen LogP contribution >= 0.6 is 0 Å². The molecule has 0 radical (unpaired) electrons. The maximum absolute atomic E-state index is 11.0. The molecule has 1 amide bonds. The fourth-order valence-corrected chi connectivity index (χ4v) is 1.56. The van der Waals surface area contributed by atoms with E-state index < -0.39 is 0 Å². The summed E-state index contributed by atoms with van der Waals surface area (Å²) in [4.78, 5) is 12.9. The molecule has 0 aromatic carbocycles. The Morgan fingerprint density at radius 2 is 1.93 bits per heavy atom. The lowest BCUT2D eigenvalue weighted by Gasteiger charge is -2.28. The van der Waals surface area contributed by atoms with Crippen molar-refractivity contribution < 1.29 is 4.79 Å². The SMILES string of the molecule is C=C(C)C#CC1CCN(C(C)=O)CC1. The number of carbonyl (C=O) groups excluding carboxylic acids is 1. The summed E-state index contributed by atoms with van der Waals surface area (Å²) in [6.45, 7) is 8.99. The molecule has 0 atom stereocenters. The van der Waals surface area contributed by atoms with Crippen molar-refractivity contribution in [1.29, 1.82) is 0 Å². The molecule has 76 valence electrons. The Morgan fingerprint density at radius 3 is 2.36 bits per heavy atom. The van der Waals surface area contributed by atoms with Crippen LogP contribution < -0.4 is 0 Å². The molecule has 0 spiro atoms. The molecular formula is C12H17NO. The quantitative estimate of drug-likeness (QED) is 0.535. The zero-order valence-corrected chi connectivity index (χ0v) is 8.97. The third-order valence-corrected chi connectivity index (χ3v) is 2.43. The molecule has 2 heteroatoms. The fraction of sp³-hybridized carbons (Fsp3) is 0.583. The largest absolute Gasteiger partial charge is 0.343 e. The highest BCUT2D eigenvalue weighted by Crippen LogP contribution is 2.16. The molecule has 1 rings (SSSR count). The Labute approximate surface area is 86.0 Å². The Hall–Kier alpha value is -1.23. The molecular weight excluding hydrogens is 174 g/mol. The number of amides is 1. The lowest BCUT2D eigenvalue weighted by Crippen LogP contribution is -2.36. The van der Waals surface area contributed by atoms with Gasteiger partial charge >= 0.3 is 0 Å². The summed E-state index contributed by atoms with van der Waals surface area (Å²) in [6.07, 6.45) is 2.00. The molecule has 0 aliphatic carbocycles. The minimum atomic E-state index is 0.177.